The van der Waals surface area contributed by atoms with Gasteiger partial charge in [0.2, 0.25) is 11.8 Å². The van der Waals surface area contributed by atoms with Crippen LogP contribution in [0.25, 0.3) is 0 Å². The highest BCUT2D eigenvalue weighted by atomic mass is 16.5. The van der Waals surface area contributed by atoms with Crippen molar-refractivity contribution in [1.82, 2.24) is 10.6 Å². The number of amides is 2. The molecule has 0 fully saturated rings. The molecule has 6 nitrogen and oxygen atoms in total. The van der Waals surface area contributed by atoms with E-state index in [0.717, 1.165) is 0 Å². The predicted octanol–water partition coefficient (Wildman–Crippen LogP) is -0.761. The summed E-state index contributed by atoms with van der Waals surface area (Å²) in [5.41, 5.74) is 5.65. The summed E-state index contributed by atoms with van der Waals surface area (Å²) in [5.74, 6) is -0.240. The van der Waals surface area contributed by atoms with Gasteiger partial charge < -0.3 is 21.1 Å². The van der Waals surface area contributed by atoms with Crippen LogP contribution in [-0.4, -0.2) is 44.7 Å². The van der Waals surface area contributed by atoms with Crippen molar-refractivity contribution in [2.24, 2.45) is 11.7 Å². The van der Waals surface area contributed by atoms with Crippen LogP contribution in [0.5, 0.6) is 0 Å². The van der Waals surface area contributed by atoms with Crippen LogP contribution in [0.2, 0.25) is 0 Å². The summed E-state index contributed by atoms with van der Waals surface area (Å²) in [6.07, 6.45) is 0.250. The Balaban J connectivity index is 3.62. The number of nitrogens with one attached hydrogen (secondary N) is 2. The molecule has 0 aromatic rings. The zero-order valence-electron chi connectivity index (χ0n) is 10.8. The van der Waals surface area contributed by atoms with Crippen molar-refractivity contribution < 1.29 is 14.3 Å². The summed E-state index contributed by atoms with van der Waals surface area (Å²) < 4.78 is 4.79. The Morgan fingerprint density at radius 3 is 2.41 bits per heavy atom. The Morgan fingerprint density at radius 1 is 1.24 bits per heavy atom. The fourth-order valence-corrected chi connectivity index (χ4v) is 1.10. The van der Waals surface area contributed by atoms with E-state index >= 15 is 0 Å². The van der Waals surface area contributed by atoms with Gasteiger partial charge in [0, 0.05) is 26.6 Å². The lowest BCUT2D eigenvalue weighted by Crippen LogP contribution is -2.44. The van der Waals surface area contributed by atoms with E-state index in [1.807, 2.05) is 13.8 Å². The maximum atomic E-state index is 11.4. The van der Waals surface area contributed by atoms with Crippen LogP contribution < -0.4 is 16.4 Å². The minimum atomic E-state index is -0.522. The van der Waals surface area contributed by atoms with E-state index in [2.05, 4.69) is 10.6 Å². The number of hydrogen-bond acceptors (Lipinski definition) is 4. The molecule has 0 aromatic carbocycles. The van der Waals surface area contributed by atoms with Crippen LogP contribution in [-0.2, 0) is 14.3 Å². The molecule has 0 spiro atoms. The third kappa shape index (κ3) is 7.70. The normalized spacial score (nSPS) is 12.3. The zero-order valence-corrected chi connectivity index (χ0v) is 10.8. The molecule has 17 heavy (non-hydrogen) atoms. The molecule has 0 saturated heterocycles. The van der Waals surface area contributed by atoms with Gasteiger partial charge in [-0.3, -0.25) is 9.59 Å². The first kappa shape index (κ1) is 15.9. The number of ether oxygens (including phenoxy) is 1. The van der Waals surface area contributed by atoms with Crippen LogP contribution in [0.1, 0.15) is 20.3 Å². The minimum Gasteiger partial charge on any atom is -0.383 e. The first-order chi connectivity index (χ1) is 7.99. The number of carbonyl (C=O) groups excluding carboxylic acids is 2. The highest BCUT2D eigenvalue weighted by molar-refractivity contribution is 5.82. The number of methoxy groups -OCH3 is 1. The quantitative estimate of drug-likeness (QED) is 0.490. The average molecular weight is 245 g/mol. The van der Waals surface area contributed by atoms with Crippen molar-refractivity contribution >= 4 is 11.8 Å². The van der Waals surface area contributed by atoms with Gasteiger partial charge in [-0.1, -0.05) is 13.8 Å². The summed E-state index contributed by atoms with van der Waals surface area (Å²) in [4.78, 5) is 22.7. The standard InChI is InChI=1S/C11H23N3O3/c1-8(2)10(12)11(16)14-5-4-9(15)13-6-7-17-3/h8,10H,4-7,12H2,1-3H3,(H,13,15)(H,14,16). The van der Waals surface area contributed by atoms with Crippen molar-refractivity contribution in [2.45, 2.75) is 26.3 Å². The highest BCUT2D eigenvalue weighted by Gasteiger charge is 2.16. The second-order valence-electron chi connectivity index (χ2n) is 4.15. The van der Waals surface area contributed by atoms with Gasteiger partial charge in [-0.05, 0) is 5.92 Å². The molecule has 1 atom stereocenters. The van der Waals surface area contributed by atoms with Crippen LogP contribution in [0.3, 0.4) is 0 Å². The Hall–Kier alpha value is -1.14. The van der Waals surface area contributed by atoms with Crippen LogP contribution >= 0.6 is 0 Å². The van der Waals surface area contributed by atoms with Crippen LogP contribution in [0.15, 0.2) is 0 Å². The second kappa shape index (κ2) is 8.95. The third-order valence-corrected chi connectivity index (χ3v) is 2.30. The van der Waals surface area contributed by atoms with Gasteiger partial charge in [-0.25, -0.2) is 0 Å². The summed E-state index contributed by atoms with van der Waals surface area (Å²) in [5, 5.41) is 5.29. The van der Waals surface area contributed by atoms with Crippen molar-refractivity contribution in [3.05, 3.63) is 0 Å². The molecule has 0 saturated carbocycles. The Kier molecular flexibility index (Phi) is 8.35. The van der Waals surface area contributed by atoms with Gasteiger partial charge in [0.05, 0.1) is 12.6 Å². The van der Waals surface area contributed by atoms with E-state index in [0.29, 0.717) is 19.7 Å². The molecule has 0 aliphatic heterocycles. The van der Waals surface area contributed by atoms with Crippen LogP contribution in [0, 0.1) is 5.92 Å². The Bertz CT molecular complexity index is 244. The molecule has 2 amide bonds. The number of rotatable bonds is 8. The third-order valence-electron chi connectivity index (χ3n) is 2.30. The summed E-state index contributed by atoms with van der Waals surface area (Å²) in [6, 6.07) is -0.522. The first-order valence-electron chi connectivity index (χ1n) is 5.78. The summed E-state index contributed by atoms with van der Waals surface area (Å²) in [6.45, 7) is 5.02. The SMILES string of the molecule is COCCNC(=O)CCNC(=O)C(N)C(C)C. The van der Waals surface area contributed by atoms with E-state index in [9.17, 15) is 9.59 Å². The monoisotopic (exact) mass is 245 g/mol. The summed E-state index contributed by atoms with van der Waals surface area (Å²) >= 11 is 0. The second-order valence-corrected chi connectivity index (χ2v) is 4.15. The van der Waals surface area contributed by atoms with E-state index in [1.165, 1.54) is 0 Å². The van der Waals surface area contributed by atoms with Crippen molar-refractivity contribution in [1.29, 1.82) is 0 Å². The highest BCUT2D eigenvalue weighted by Crippen LogP contribution is 1.97. The lowest BCUT2D eigenvalue weighted by Gasteiger charge is -2.15. The molecule has 1 unspecified atom stereocenters. The van der Waals surface area contributed by atoms with Gasteiger partial charge in [0.25, 0.3) is 0 Å². The lowest BCUT2D eigenvalue weighted by molar-refractivity contribution is -0.123. The van der Waals surface area contributed by atoms with Crippen molar-refractivity contribution in [2.75, 3.05) is 26.8 Å². The van der Waals surface area contributed by atoms with Crippen molar-refractivity contribution in [3.8, 4) is 0 Å². The average Bonchev–Trinajstić information content (AvgIpc) is 2.28. The fourth-order valence-electron chi connectivity index (χ4n) is 1.10. The molecule has 0 bridgehead atoms. The molecule has 0 aliphatic rings. The molecule has 0 rings (SSSR count). The Morgan fingerprint density at radius 2 is 1.88 bits per heavy atom. The van der Waals surface area contributed by atoms with E-state index in [-0.39, 0.29) is 24.2 Å². The molecule has 0 radical (unpaired) electrons. The molecular weight excluding hydrogens is 222 g/mol. The Labute approximate surface area is 102 Å². The molecule has 0 aliphatic carbocycles. The van der Waals surface area contributed by atoms with Gasteiger partial charge in [-0.15, -0.1) is 0 Å². The lowest BCUT2D eigenvalue weighted by atomic mass is 10.1. The molecule has 100 valence electrons. The van der Waals surface area contributed by atoms with Gasteiger partial charge >= 0.3 is 0 Å². The van der Waals surface area contributed by atoms with Crippen LogP contribution in [0.4, 0.5) is 0 Å². The smallest absolute Gasteiger partial charge is 0.237 e. The number of carbonyl (C=O) groups is 2. The molecule has 0 heterocycles. The maximum absolute atomic E-state index is 11.4. The van der Waals surface area contributed by atoms with Gasteiger partial charge in [-0.2, -0.15) is 0 Å². The van der Waals surface area contributed by atoms with Gasteiger partial charge in [0.15, 0.2) is 0 Å². The first-order valence-corrected chi connectivity index (χ1v) is 5.78. The number of hydrogen-bond donors (Lipinski definition) is 3. The summed E-state index contributed by atoms with van der Waals surface area (Å²) in [7, 11) is 1.57. The van der Waals surface area contributed by atoms with Gasteiger partial charge in [0.1, 0.15) is 0 Å². The van der Waals surface area contributed by atoms with E-state index in [4.69, 9.17) is 10.5 Å². The molecule has 6 heteroatoms. The maximum Gasteiger partial charge on any atom is 0.237 e. The van der Waals surface area contributed by atoms with E-state index < -0.39 is 6.04 Å². The molecule has 4 N–H and O–H groups in total. The topological polar surface area (TPSA) is 93.5 Å². The fraction of sp³-hybridized carbons (Fsp3) is 0.818. The molecular formula is C11H23N3O3. The van der Waals surface area contributed by atoms with E-state index in [1.54, 1.807) is 7.11 Å². The zero-order chi connectivity index (χ0) is 13.3. The minimum absolute atomic E-state index is 0.0885. The van der Waals surface area contributed by atoms with Crippen molar-refractivity contribution in [3.63, 3.8) is 0 Å². The predicted molar refractivity (Wildman–Crippen MR) is 65.3 cm³/mol. The molecule has 0 aromatic heterocycles. The number of nitrogens with two attached hydrogens (primary N) is 1. The largest absolute Gasteiger partial charge is 0.383 e.